The van der Waals surface area contributed by atoms with Crippen molar-refractivity contribution in [3.05, 3.63) is 0 Å². The third-order valence-electron chi connectivity index (χ3n) is 3.88. The number of ether oxygens (including phenoxy) is 2. The van der Waals surface area contributed by atoms with Crippen LogP contribution in [0.3, 0.4) is 0 Å². The quantitative estimate of drug-likeness (QED) is 0.733. The van der Waals surface area contributed by atoms with Gasteiger partial charge < -0.3 is 18.3 Å². The van der Waals surface area contributed by atoms with Crippen molar-refractivity contribution in [3.8, 4) is 6.07 Å². The van der Waals surface area contributed by atoms with Gasteiger partial charge in [0.15, 0.2) is 28.0 Å². The molecule has 0 aromatic carbocycles. The van der Waals surface area contributed by atoms with Crippen LogP contribution in [0.2, 0.25) is 39.3 Å². The van der Waals surface area contributed by atoms with Gasteiger partial charge in [0, 0.05) is 12.8 Å². The van der Waals surface area contributed by atoms with E-state index < -0.39 is 28.0 Å². The van der Waals surface area contributed by atoms with E-state index in [1.807, 2.05) is 0 Å². The highest BCUT2D eigenvalue weighted by Gasteiger charge is 2.56. The molecule has 0 aromatic heterocycles. The molecule has 1 saturated carbocycles. The summed E-state index contributed by atoms with van der Waals surface area (Å²) in [7, 11) is -3.69. The van der Waals surface area contributed by atoms with Crippen molar-refractivity contribution in [2.75, 3.05) is 13.2 Å². The Labute approximate surface area is 136 Å². The van der Waals surface area contributed by atoms with Crippen LogP contribution in [-0.2, 0) is 18.3 Å². The van der Waals surface area contributed by atoms with E-state index in [4.69, 9.17) is 18.3 Å². The Morgan fingerprint density at radius 2 is 1.59 bits per heavy atom. The highest BCUT2D eigenvalue weighted by atomic mass is 28.4. The summed E-state index contributed by atoms with van der Waals surface area (Å²) in [5, 5.41) is 9.90. The van der Waals surface area contributed by atoms with Gasteiger partial charge >= 0.3 is 0 Å². The predicted molar refractivity (Wildman–Crippen MR) is 89.5 cm³/mol. The zero-order valence-corrected chi connectivity index (χ0v) is 16.7. The minimum atomic E-state index is -1.87. The molecule has 1 heterocycles. The van der Waals surface area contributed by atoms with Crippen LogP contribution in [-0.4, -0.2) is 47.3 Å². The minimum absolute atomic E-state index is 0.289. The molecule has 2 atom stereocenters. The smallest absolute Gasteiger partial charge is 0.186 e. The van der Waals surface area contributed by atoms with Gasteiger partial charge in [0.2, 0.25) is 0 Å². The molecule has 0 aromatic rings. The Bertz CT molecular complexity index is 446. The molecule has 126 valence electrons. The maximum Gasteiger partial charge on any atom is 0.186 e. The first-order chi connectivity index (χ1) is 9.99. The molecule has 22 heavy (non-hydrogen) atoms. The van der Waals surface area contributed by atoms with Gasteiger partial charge in [-0.1, -0.05) is 0 Å². The fourth-order valence-electron chi connectivity index (χ4n) is 3.22. The predicted octanol–water partition coefficient (Wildman–Crippen LogP) is 3.25. The molecule has 7 heteroatoms. The third-order valence-corrected chi connectivity index (χ3v) is 5.85. The zero-order chi connectivity index (χ0) is 16.6. The molecular weight excluding hydrogens is 314 g/mol. The second-order valence-electron chi connectivity index (χ2n) is 8.25. The SMILES string of the molecule is C[Si](C)(C)O[C@@H]1CC2(CC[C@@]1(C#N)O[Si](C)(C)C)OCCO2. The van der Waals surface area contributed by atoms with E-state index >= 15 is 0 Å². The van der Waals surface area contributed by atoms with Crippen molar-refractivity contribution in [1.29, 1.82) is 5.26 Å². The van der Waals surface area contributed by atoms with Crippen molar-refractivity contribution < 1.29 is 18.3 Å². The van der Waals surface area contributed by atoms with Crippen molar-refractivity contribution in [2.45, 2.75) is 76.0 Å². The van der Waals surface area contributed by atoms with Crippen molar-refractivity contribution in [1.82, 2.24) is 0 Å². The van der Waals surface area contributed by atoms with Crippen LogP contribution < -0.4 is 0 Å². The van der Waals surface area contributed by atoms with E-state index in [0.717, 1.165) is 0 Å². The van der Waals surface area contributed by atoms with Gasteiger partial charge in [0.25, 0.3) is 0 Å². The summed E-state index contributed by atoms with van der Waals surface area (Å²) < 4.78 is 24.4. The Morgan fingerprint density at radius 3 is 2.05 bits per heavy atom. The Balaban J connectivity index is 2.28. The molecular formula is C15H29NO4Si2. The summed E-state index contributed by atoms with van der Waals surface area (Å²) >= 11 is 0. The lowest BCUT2D eigenvalue weighted by atomic mass is 9.80. The van der Waals surface area contributed by atoms with Crippen molar-refractivity contribution in [2.24, 2.45) is 0 Å². The lowest BCUT2D eigenvalue weighted by Gasteiger charge is -2.49. The zero-order valence-electron chi connectivity index (χ0n) is 14.7. The Morgan fingerprint density at radius 1 is 1.00 bits per heavy atom. The molecule has 2 fully saturated rings. The summed E-state index contributed by atoms with van der Waals surface area (Å²) in [6, 6.07) is 2.45. The second kappa shape index (κ2) is 6.00. The summed E-state index contributed by atoms with van der Waals surface area (Å²) in [6.07, 6.45) is 1.58. The normalized spacial score (nSPS) is 32.1. The highest BCUT2D eigenvalue weighted by Crippen LogP contribution is 2.45. The molecule has 0 N–H and O–H groups in total. The third kappa shape index (κ3) is 4.19. The summed E-state index contributed by atoms with van der Waals surface area (Å²) in [4.78, 5) is 0. The number of rotatable bonds is 4. The van der Waals surface area contributed by atoms with E-state index in [0.29, 0.717) is 32.5 Å². The maximum absolute atomic E-state index is 9.90. The topological polar surface area (TPSA) is 60.7 Å². The molecule has 5 nitrogen and oxygen atoms in total. The molecule has 1 aliphatic carbocycles. The second-order valence-corrected chi connectivity index (χ2v) is 17.1. The summed E-state index contributed by atoms with van der Waals surface area (Å²) in [6.45, 7) is 14.0. The largest absolute Gasteiger partial charge is 0.410 e. The molecule has 0 unspecified atom stereocenters. The first-order valence-corrected chi connectivity index (χ1v) is 14.9. The van der Waals surface area contributed by atoms with Crippen LogP contribution in [0, 0.1) is 11.3 Å². The Kier molecular flexibility index (Phi) is 4.94. The summed E-state index contributed by atoms with van der Waals surface area (Å²) in [5.74, 6) is -0.576. The van der Waals surface area contributed by atoms with Crippen LogP contribution in [0.5, 0.6) is 0 Å². The number of nitriles is 1. The van der Waals surface area contributed by atoms with E-state index in [1.54, 1.807) is 0 Å². The minimum Gasteiger partial charge on any atom is -0.410 e. The Hall–Kier alpha value is -0.236. The molecule has 0 bridgehead atoms. The molecule has 1 aliphatic heterocycles. The average molecular weight is 344 g/mol. The molecule has 0 radical (unpaired) electrons. The molecule has 0 amide bonds. The first kappa shape index (κ1) is 18.1. The van der Waals surface area contributed by atoms with E-state index in [1.165, 1.54) is 0 Å². The van der Waals surface area contributed by atoms with Gasteiger partial charge in [0.1, 0.15) is 0 Å². The molecule has 1 saturated heterocycles. The van der Waals surface area contributed by atoms with Crippen LogP contribution in [0.4, 0.5) is 0 Å². The monoisotopic (exact) mass is 343 g/mol. The van der Waals surface area contributed by atoms with Gasteiger partial charge in [-0.3, -0.25) is 0 Å². The van der Waals surface area contributed by atoms with Crippen LogP contribution in [0.25, 0.3) is 0 Å². The van der Waals surface area contributed by atoms with E-state index in [9.17, 15) is 5.26 Å². The van der Waals surface area contributed by atoms with E-state index in [-0.39, 0.29) is 6.10 Å². The average Bonchev–Trinajstić information content (AvgIpc) is 2.78. The van der Waals surface area contributed by atoms with Crippen LogP contribution in [0.15, 0.2) is 0 Å². The van der Waals surface area contributed by atoms with Gasteiger partial charge in [-0.25, -0.2) is 0 Å². The van der Waals surface area contributed by atoms with Gasteiger partial charge in [-0.2, -0.15) is 5.26 Å². The fourth-order valence-corrected chi connectivity index (χ4v) is 5.72. The van der Waals surface area contributed by atoms with Gasteiger partial charge in [-0.15, -0.1) is 0 Å². The number of hydrogen-bond acceptors (Lipinski definition) is 5. The molecule has 2 aliphatic rings. The fraction of sp³-hybridized carbons (Fsp3) is 0.933. The lowest BCUT2D eigenvalue weighted by molar-refractivity contribution is -0.219. The molecule has 2 rings (SSSR count). The van der Waals surface area contributed by atoms with Gasteiger partial charge in [-0.05, 0) is 45.7 Å². The van der Waals surface area contributed by atoms with E-state index in [2.05, 4.69) is 45.4 Å². The molecule has 1 spiro atoms. The highest BCUT2D eigenvalue weighted by molar-refractivity contribution is 6.70. The number of hydrogen-bond donors (Lipinski definition) is 0. The van der Waals surface area contributed by atoms with Crippen molar-refractivity contribution in [3.63, 3.8) is 0 Å². The van der Waals surface area contributed by atoms with Crippen LogP contribution in [0.1, 0.15) is 19.3 Å². The lowest BCUT2D eigenvalue weighted by Crippen LogP contribution is -2.60. The number of nitrogens with zero attached hydrogens (tertiary/aromatic N) is 1. The summed E-state index contributed by atoms with van der Waals surface area (Å²) in [5.41, 5.74) is -0.870. The first-order valence-electron chi connectivity index (χ1n) is 8.06. The van der Waals surface area contributed by atoms with Crippen LogP contribution >= 0.6 is 0 Å². The van der Waals surface area contributed by atoms with Gasteiger partial charge in [0.05, 0.1) is 25.4 Å². The maximum atomic E-state index is 9.90. The standard InChI is InChI=1S/C15H29NO4Si2/c1-21(2,3)19-13-11-15(17-9-10-18-15)8-7-14(13,12-16)20-22(4,5)6/h13H,7-11H2,1-6H3/t13-,14+/m1/s1. The van der Waals surface area contributed by atoms with Crippen molar-refractivity contribution >= 4 is 16.6 Å².